The molecule has 0 aliphatic carbocycles. The third kappa shape index (κ3) is 4.74. The molecule has 0 aromatic heterocycles. The van der Waals surface area contributed by atoms with E-state index in [0.717, 1.165) is 16.3 Å². The number of carbonyl (C=O) groups excluding carboxylic acids is 1. The van der Waals surface area contributed by atoms with Crippen LogP contribution in [-0.2, 0) is 9.09 Å². The Kier molecular flexibility index (Phi) is 5.40. The first kappa shape index (κ1) is 17.8. The monoisotopic (exact) mass is 367 g/mol. The first-order chi connectivity index (χ1) is 12.5. The largest absolute Gasteiger partial charge is 0.431 e. The fourth-order valence-corrected chi connectivity index (χ4v) is 3.33. The second-order valence-electron chi connectivity index (χ2n) is 5.61. The van der Waals surface area contributed by atoms with Crippen LogP contribution in [-0.4, -0.2) is 12.8 Å². The van der Waals surface area contributed by atoms with Gasteiger partial charge in [-0.15, -0.1) is 0 Å². The molecule has 3 rings (SSSR count). The molecule has 0 aliphatic rings. The molecule has 5 nitrogen and oxygen atoms in total. The van der Waals surface area contributed by atoms with Crippen LogP contribution in [0, 0.1) is 0 Å². The van der Waals surface area contributed by atoms with Crippen molar-refractivity contribution < 1.29 is 18.4 Å². The smallest absolute Gasteiger partial charge is 0.415 e. The molecule has 0 heterocycles. The lowest BCUT2D eigenvalue weighted by Crippen LogP contribution is -2.18. The lowest BCUT2D eigenvalue weighted by molar-refractivity contribution is 0.199. The molecule has 6 heteroatoms. The van der Waals surface area contributed by atoms with Crippen LogP contribution in [0.15, 0.2) is 79.0 Å². The molecule has 1 N–H and O–H groups in total. The molecule has 1 amide bonds. The first-order valence-electron chi connectivity index (χ1n) is 8.00. The van der Waals surface area contributed by atoms with E-state index in [1.165, 1.54) is 12.9 Å². The topological polar surface area (TPSA) is 64.6 Å². The summed E-state index contributed by atoms with van der Waals surface area (Å²) in [4.78, 5) is 11.9. The van der Waals surface area contributed by atoms with E-state index in [0.29, 0.717) is 5.75 Å². The Morgan fingerprint density at radius 2 is 1.65 bits per heavy atom. The maximum atomic E-state index is 12.5. The van der Waals surface area contributed by atoms with Crippen molar-refractivity contribution in [2.45, 2.75) is 0 Å². The molecule has 0 bridgehead atoms. The molecule has 3 aromatic rings. The zero-order valence-electron chi connectivity index (χ0n) is 14.2. The van der Waals surface area contributed by atoms with Crippen LogP contribution >= 0.6 is 7.60 Å². The van der Waals surface area contributed by atoms with Gasteiger partial charge in [-0.1, -0.05) is 66.7 Å². The second kappa shape index (κ2) is 7.89. The zero-order valence-corrected chi connectivity index (χ0v) is 15.1. The van der Waals surface area contributed by atoms with Crippen molar-refractivity contribution in [1.82, 2.24) is 5.32 Å². The van der Waals surface area contributed by atoms with Crippen LogP contribution in [0.25, 0.3) is 16.8 Å². The van der Waals surface area contributed by atoms with Gasteiger partial charge in [-0.25, -0.2) is 9.36 Å². The quantitative estimate of drug-likeness (QED) is 0.610. The molecule has 0 saturated heterocycles. The minimum absolute atomic E-state index is 0.404. The van der Waals surface area contributed by atoms with E-state index in [9.17, 15) is 9.36 Å². The van der Waals surface area contributed by atoms with Gasteiger partial charge in [0.2, 0.25) is 0 Å². The van der Waals surface area contributed by atoms with Crippen molar-refractivity contribution in [3.63, 3.8) is 0 Å². The number of carbonyl (C=O) groups is 1. The van der Waals surface area contributed by atoms with Gasteiger partial charge in [-0.2, -0.15) is 0 Å². The lowest BCUT2D eigenvalue weighted by atomic mass is 10.1. The fraction of sp³-hybridized carbons (Fsp3) is 0.0500. The molecule has 0 radical (unpaired) electrons. The third-order valence-corrected chi connectivity index (χ3v) is 4.56. The Hall–Kier alpha value is -3.04. The van der Waals surface area contributed by atoms with E-state index in [4.69, 9.17) is 9.05 Å². The summed E-state index contributed by atoms with van der Waals surface area (Å²) in [6.45, 7) is 1.26. The van der Waals surface area contributed by atoms with Crippen molar-refractivity contribution >= 4 is 30.5 Å². The van der Waals surface area contributed by atoms with Crippen LogP contribution < -0.4 is 9.84 Å². The lowest BCUT2D eigenvalue weighted by Gasteiger charge is -2.16. The highest BCUT2D eigenvalue weighted by molar-refractivity contribution is 7.53. The molecule has 0 aliphatic heterocycles. The highest BCUT2D eigenvalue weighted by Crippen LogP contribution is 2.46. The van der Waals surface area contributed by atoms with Crippen molar-refractivity contribution in [2.24, 2.45) is 0 Å². The molecule has 1 unspecified atom stereocenters. The number of amides is 1. The van der Waals surface area contributed by atoms with E-state index >= 15 is 0 Å². The third-order valence-electron chi connectivity index (χ3n) is 3.54. The summed E-state index contributed by atoms with van der Waals surface area (Å²) in [6.07, 6.45) is 2.28. The van der Waals surface area contributed by atoms with Gasteiger partial charge in [0, 0.05) is 11.6 Å². The standard InChI is InChI=1S/C20H18NO4P/c1-26(23,24-19-13-7-11-17-10-5-6-12-18(17)19)25-20(22)21-15-14-16-8-3-2-4-9-16/h2-15H,1H3,(H,21,22)/b15-14+. The summed E-state index contributed by atoms with van der Waals surface area (Å²) in [5.41, 5.74) is 0.916. The van der Waals surface area contributed by atoms with Gasteiger partial charge in [-0.05, 0) is 23.1 Å². The van der Waals surface area contributed by atoms with Crippen LogP contribution in [0.2, 0.25) is 0 Å². The van der Waals surface area contributed by atoms with Crippen molar-refractivity contribution in [1.29, 1.82) is 0 Å². The summed E-state index contributed by atoms with van der Waals surface area (Å²) >= 11 is 0. The Bertz CT molecular complexity index is 980. The van der Waals surface area contributed by atoms with E-state index in [-0.39, 0.29) is 0 Å². The SMILES string of the molecule is CP(=O)(OC(=O)N/C=C/c1ccccc1)Oc1cccc2ccccc12. The molecule has 0 fully saturated rings. The van der Waals surface area contributed by atoms with Gasteiger partial charge in [0.25, 0.3) is 0 Å². The summed E-state index contributed by atoms with van der Waals surface area (Å²) < 4.78 is 23.0. The molecule has 3 aromatic carbocycles. The van der Waals surface area contributed by atoms with Crippen LogP contribution in [0.5, 0.6) is 5.75 Å². The maximum absolute atomic E-state index is 12.5. The first-order valence-corrected chi connectivity index (χ1v) is 9.99. The highest BCUT2D eigenvalue weighted by Gasteiger charge is 2.24. The van der Waals surface area contributed by atoms with Gasteiger partial charge < -0.3 is 9.05 Å². The van der Waals surface area contributed by atoms with Crippen molar-refractivity contribution in [3.8, 4) is 5.75 Å². The van der Waals surface area contributed by atoms with Crippen molar-refractivity contribution in [2.75, 3.05) is 6.66 Å². The summed E-state index contributed by atoms with van der Waals surface area (Å²) in [5.74, 6) is 0.404. The molecule has 1 atom stereocenters. The van der Waals surface area contributed by atoms with E-state index in [1.807, 2.05) is 60.7 Å². The number of fused-ring (bicyclic) bond motifs is 1. The Balaban J connectivity index is 1.64. The minimum atomic E-state index is -3.63. The summed E-state index contributed by atoms with van der Waals surface area (Å²) in [5, 5.41) is 4.16. The molecule has 0 saturated carbocycles. The van der Waals surface area contributed by atoms with Crippen LogP contribution in [0.3, 0.4) is 0 Å². The summed E-state index contributed by atoms with van der Waals surface area (Å²) in [6, 6.07) is 22.4. The predicted molar refractivity (Wildman–Crippen MR) is 103 cm³/mol. The predicted octanol–water partition coefficient (Wildman–Crippen LogP) is 5.44. The van der Waals surface area contributed by atoms with E-state index < -0.39 is 13.7 Å². The average molecular weight is 367 g/mol. The average Bonchev–Trinajstić information content (AvgIpc) is 2.62. The van der Waals surface area contributed by atoms with Gasteiger partial charge in [0.1, 0.15) is 5.75 Å². The van der Waals surface area contributed by atoms with Gasteiger partial charge in [0.15, 0.2) is 0 Å². The molecular formula is C20H18NO4P. The number of rotatable bonds is 5. The fourth-order valence-electron chi connectivity index (χ4n) is 2.42. The van der Waals surface area contributed by atoms with E-state index in [2.05, 4.69) is 5.32 Å². The van der Waals surface area contributed by atoms with Crippen LogP contribution in [0.4, 0.5) is 4.79 Å². The van der Waals surface area contributed by atoms with Crippen molar-refractivity contribution in [3.05, 3.63) is 84.6 Å². The molecule has 132 valence electrons. The molecule has 26 heavy (non-hydrogen) atoms. The zero-order chi connectivity index (χ0) is 18.4. The van der Waals surface area contributed by atoms with Gasteiger partial charge in [0.05, 0.1) is 6.66 Å². The van der Waals surface area contributed by atoms with Gasteiger partial charge in [-0.3, -0.25) is 5.32 Å². The van der Waals surface area contributed by atoms with Crippen LogP contribution in [0.1, 0.15) is 5.56 Å². The minimum Gasteiger partial charge on any atom is -0.415 e. The molecule has 0 spiro atoms. The number of nitrogens with one attached hydrogen (secondary N) is 1. The number of hydrogen-bond acceptors (Lipinski definition) is 4. The van der Waals surface area contributed by atoms with Gasteiger partial charge >= 0.3 is 13.7 Å². The number of benzene rings is 3. The normalized spacial score (nSPS) is 13.3. The van der Waals surface area contributed by atoms with E-state index in [1.54, 1.807) is 18.2 Å². The Morgan fingerprint density at radius 1 is 0.962 bits per heavy atom. The number of hydrogen-bond donors (Lipinski definition) is 1. The second-order valence-corrected chi connectivity index (χ2v) is 7.51. The highest BCUT2D eigenvalue weighted by atomic mass is 31.2. The molecular weight excluding hydrogens is 349 g/mol. The Morgan fingerprint density at radius 3 is 2.46 bits per heavy atom. The summed E-state index contributed by atoms with van der Waals surface area (Å²) in [7, 11) is -3.63. The Labute approximate surface area is 151 Å². The maximum Gasteiger partial charge on any atom is 0.431 e.